The van der Waals surface area contributed by atoms with E-state index in [1.54, 1.807) is 0 Å². The third kappa shape index (κ3) is 1.88. The highest BCUT2D eigenvalue weighted by molar-refractivity contribution is 6.32. The fraction of sp³-hybridized carbons (Fsp3) is 0. The van der Waals surface area contributed by atoms with Crippen LogP contribution in [-0.4, -0.2) is 16.2 Å². The Kier molecular flexibility index (Phi) is 2.69. The van der Waals surface area contributed by atoms with E-state index in [1.165, 1.54) is 5.48 Å². The molecule has 13 heavy (non-hydrogen) atoms. The molecular formula is C7H5ClFNO3. The maximum Gasteiger partial charge on any atom is 0.278 e. The minimum Gasteiger partial charge on any atom is -0.506 e. The lowest BCUT2D eigenvalue weighted by Crippen LogP contribution is -2.18. The van der Waals surface area contributed by atoms with Gasteiger partial charge in [-0.15, -0.1) is 0 Å². The summed E-state index contributed by atoms with van der Waals surface area (Å²) in [5, 5.41) is 17.1. The summed E-state index contributed by atoms with van der Waals surface area (Å²) in [6.45, 7) is 0. The van der Waals surface area contributed by atoms with Gasteiger partial charge in [-0.25, -0.2) is 9.87 Å². The second kappa shape index (κ2) is 3.59. The molecule has 0 spiro atoms. The van der Waals surface area contributed by atoms with E-state index in [-0.39, 0.29) is 5.02 Å². The molecule has 0 saturated heterocycles. The summed E-state index contributed by atoms with van der Waals surface area (Å²) in [5.41, 5.74) is 0.829. The number of carbonyl (C=O) groups is 1. The van der Waals surface area contributed by atoms with Gasteiger partial charge in [-0.3, -0.25) is 10.0 Å². The van der Waals surface area contributed by atoms with E-state index >= 15 is 0 Å². The Balaban J connectivity index is 3.28. The van der Waals surface area contributed by atoms with Crippen molar-refractivity contribution in [1.29, 1.82) is 0 Å². The molecule has 1 amide bonds. The highest BCUT2D eigenvalue weighted by Crippen LogP contribution is 2.28. The van der Waals surface area contributed by atoms with Crippen molar-refractivity contribution < 1.29 is 19.5 Å². The van der Waals surface area contributed by atoms with Crippen LogP contribution in [0.5, 0.6) is 5.75 Å². The Morgan fingerprint density at radius 1 is 1.54 bits per heavy atom. The van der Waals surface area contributed by atoms with Crippen molar-refractivity contribution in [2.75, 3.05) is 0 Å². The fourth-order valence-electron chi connectivity index (χ4n) is 0.799. The highest BCUT2D eigenvalue weighted by atomic mass is 35.5. The molecule has 1 aromatic carbocycles. The van der Waals surface area contributed by atoms with Crippen molar-refractivity contribution in [2.24, 2.45) is 0 Å². The van der Waals surface area contributed by atoms with E-state index < -0.39 is 23.0 Å². The summed E-state index contributed by atoms with van der Waals surface area (Å²) in [4.78, 5) is 10.8. The van der Waals surface area contributed by atoms with Crippen molar-refractivity contribution >= 4 is 17.5 Å². The van der Waals surface area contributed by atoms with Gasteiger partial charge in [0.2, 0.25) is 0 Å². The summed E-state index contributed by atoms with van der Waals surface area (Å²) in [6, 6.07) is 1.61. The van der Waals surface area contributed by atoms with Gasteiger partial charge in [0.1, 0.15) is 11.6 Å². The number of phenolic OH excluding ortho intramolecular Hbond substituents is 1. The summed E-state index contributed by atoms with van der Waals surface area (Å²) in [5.74, 6) is -2.38. The van der Waals surface area contributed by atoms with Crippen LogP contribution in [0.25, 0.3) is 0 Å². The number of phenols is 1. The molecule has 1 aromatic rings. The number of carbonyl (C=O) groups excluding carboxylic acids is 1. The Hall–Kier alpha value is -1.33. The molecule has 70 valence electrons. The van der Waals surface area contributed by atoms with Crippen LogP contribution >= 0.6 is 11.6 Å². The SMILES string of the molecule is O=C(NO)c1cc(F)cc(Cl)c1O. The van der Waals surface area contributed by atoms with Gasteiger partial charge in [-0.05, 0) is 12.1 Å². The zero-order valence-corrected chi connectivity index (χ0v) is 6.97. The molecule has 0 aliphatic rings. The molecule has 0 unspecified atom stereocenters. The van der Waals surface area contributed by atoms with Gasteiger partial charge in [0.05, 0.1) is 10.6 Å². The summed E-state index contributed by atoms with van der Waals surface area (Å²) < 4.78 is 12.6. The van der Waals surface area contributed by atoms with Crippen molar-refractivity contribution in [3.05, 3.63) is 28.5 Å². The lowest BCUT2D eigenvalue weighted by molar-refractivity contribution is 0.0703. The topological polar surface area (TPSA) is 69.6 Å². The number of rotatable bonds is 1. The van der Waals surface area contributed by atoms with Crippen molar-refractivity contribution in [3.63, 3.8) is 0 Å². The molecule has 0 bridgehead atoms. The molecule has 0 aromatic heterocycles. The molecule has 3 N–H and O–H groups in total. The third-order valence-electron chi connectivity index (χ3n) is 1.37. The largest absolute Gasteiger partial charge is 0.506 e. The predicted octanol–water partition coefficient (Wildman–Crippen LogP) is 1.30. The van der Waals surface area contributed by atoms with Crippen LogP contribution in [0.3, 0.4) is 0 Å². The summed E-state index contributed by atoms with van der Waals surface area (Å²) >= 11 is 5.37. The standard InChI is InChI=1S/C7H5ClFNO3/c8-5-2-3(9)1-4(6(5)11)7(12)10-13/h1-2,11,13H,(H,10,12). The van der Waals surface area contributed by atoms with Gasteiger partial charge < -0.3 is 5.11 Å². The maximum atomic E-state index is 12.6. The normalized spacial score (nSPS) is 9.77. The van der Waals surface area contributed by atoms with E-state index in [0.29, 0.717) is 0 Å². The molecule has 0 atom stereocenters. The van der Waals surface area contributed by atoms with E-state index in [9.17, 15) is 9.18 Å². The van der Waals surface area contributed by atoms with Gasteiger partial charge in [-0.1, -0.05) is 11.6 Å². The van der Waals surface area contributed by atoms with Gasteiger partial charge >= 0.3 is 0 Å². The van der Waals surface area contributed by atoms with Crippen LogP contribution in [0.2, 0.25) is 5.02 Å². The number of hydrogen-bond acceptors (Lipinski definition) is 3. The molecule has 0 aliphatic heterocycles. The molecule has 1 rings (SSSR count). The first-order valence-electron chi connectivity index (χ1n) is 3.18. The second-order valence-electron chi connectivity index (χ2n) is 2.22. The van der Waals surface area contributed by atoms with Gasteiger partial charge in [0.15, 0.2) is 0 Å². The number of aromatic hydroxyl groups is 1. The fourth-order valence-corrected chi connectivity index (χ4v) is 1.01. The Morgan fingerprint density at radius 3 is 2.69 bits per heavy atom. The first kappa shape index (κ1) is 9.76. The van der Waals surface area contributed by atoms with Crippen molar-refractivity contribution in [3.8, 4) is 5.75 Å². The van der Waals surface area contributed by atoms with E-state index in [2.05, 4.69) is 0 Å². The Labute approximate surface area is 77.5 Å². The quantitative estimate of drug-likeness (QED) is 0.478. The average molecular weight is 206 g/mol. The lowest BCUT2D eigenvalue weighted by atomic mass is 10.2. The van der Waals surface area contributed by atoms with E-state index in [1.807, 2.05) is 0 Å². The number of halogens is 2. The zero-order chi connectivity index (χ0) is 10.0. The molecule has 6 heteroatoms. The lowest BCUT2D eigenvalue weighted by Gasteiger charge is -2.03. The third-order valence-corrected chi connectivity index (χ3v) is 1.66. The average Bonchev–Trinajstić information content (AvgIpc) is 2.10. The van der Waals surface area contributed by atoms with Crippen LogP contribution in [0, 0.1) is 5.82 Å². The number of nitrogens with one attached hydrogen (secondary N) is 1. The summed E-state index contributed by atoms with van der Waals surface area (Å²) in [6.07, 6.45) is 0. The molecule has 4 nitrogen and oxygen atoms in total. The maximum absolute atomic E-state index is 12.6. The minimum atomic E-state index is -1.03. The first-order chi connectivity index (χ1) is 6.06. The molecule has 0 saturated carbocycles. The second-order valence-corrected chi connectivity index (χ2v) is 2.63. The predicted molar refractivity (Wildman–Crippen MR) is 42.3 cm³/mol. The monoisotopic (exact) mass is 205 g/mol. The number of benzene rings is 1. The van der Waals surface area contributed by atoms with Crippen LogP contribution in [0.1, 0.15) is 10.4 Å². The first-order valence-corrected chi connectivity index (χ1v) is 3.56. The number of hydroxylamine groups is 1. The van der Waals surface area contributed by atoms with Crippen molar-refractivity contribution in [2.45, 2.75) is 0 Å². The van der Waals surface area contributed by atoms with Gasteiger partial charge in [0.25, 0.3) is 5.91 Å². The van der Waals surface area contributed by atoms with Gasteiger partial charge in [-0.2, -0.15) is 0 Å². The van der Waals surface area contributed by atoms with E-state index in [0.717, 1.165) is 12.1 Å². The van der Waals surface area contributed by atoms with E-state index in [4.69, 9.17) is 21.9 Å². The Morgan fingerprint density at radius 2 is 2.15 bits per heavy atom. The molecule has 0 radical (unpaired) electrons. The van der Waals surface area contributed by atoms with Crippen LogP contribution < -0.4 is 5.48 Å². The van der Waals surface area contributed by atoms with Crippen LogP contribution in [0.15, 0.2) is 12.1 Å². The summed E-state index contributed by atoms with van der Waals surface area (Å²) in [7, 11) is 0. The smallest absolute Gasteiger partial charge is 0.278 e. The minimum absolute atomic E-state index is 0.293. The Bertz CT molecular complexity index is 356. The molecule has 0 heterocycles. The van der Waals surface area contributed by atoms with Gasteiger partial charge in [0, 0.05) is 0 Å². The molecule has 0 fully saturated rings. The highest BCUT2D eigenvalue weighted by Gasteiger charge is 2.14. The zero-order valence-electron chi connectivity index (χ0n) is 6.21. The molecule has 0 aliphatic carbocycles. The number of amides is 1. The number of hydrogen-bond donors (Lipinski definition) is 3. The van der Waals surface area contributed by atoms with Crippen LogP contribution in [0.4, 0.5) is 4.39 Å². The molecular weight excluding hydrogens is 201 g/mol. The van der Waals surface area contributed by atoms with Crippen LogP contribution in [-0.2, 0) is 0 Å². The van der Waals surface area contributed by atoms with Crippen molar-refractivity contribution in [1.82, 2.24) is 5.48 Å².